The molecular formula is C38H46N8O12S. The highest BCUT2D eigenvalue weighted by Crippen LogP contribution is 2.30. The summed E-state index contributed by atoms with van der Waals surface area (Å²) in [6.45, 7) is -0.0623. The van der Waals surface area contributed by atoms with Crippen LogP contribution in [-0.2, 0) is 43.3 Å². The predicted molar refractivity (Wildman–Crippen MR) is 212 cm³/mol. The predicted octanol–water partition coefficient (Wildman–Crippen LogP) is -1.04. The van der Waals surface area contributed by atoms with E-state index < -0.39 is 77.5 Å². The number of aromatic hydroxyl groups is 2. The van der Waals surface area contributed by atoms with Crippen LogP contribution in [0.4, 0.5) is 4.79 Å². The standard InChI is InChI=1S/C38H46N8O12S/c1-45(34(53)27-15-21-6-7-24(48)14-22(21)17-39-27)19-29(32(51)40-18-25-16-30(49)35(58-25)46-10-8-31(50)44-38(46)57)41-33(52)26(9-11-59-2)42-37(56)43-28(36(54)55)13-20-4-3-5-23(47)12-20/h3-8,10,12,14,18,26-30,35,39,47-49H,9,11,13,15-17,19H2,1-2H3,(H,40,51)(H,41,52)(H,54,55)(H2,42,43,56)(H,44,50,57)/b25-18-/t26-,27?,28-,29?,30+,35+/m0/s1. The highest BCUT2D eigenvalue weighted by atomic mass is 32.2. The van der Waals surface area contributed by atoms with Crippen LogP contribution in [0.3, 0.4) is 0 Å². The number of benzene rings is 2. The van der Waals surface area contributed by atoms with Crippen LogP contribution < -0.4 is 37.8 Å². The van der Waals surface area contributed by atoms with Crippen molar-refractivity contribution >= 4 is 41.5 Å². The number of hydrogen-bond donors (Lipinski definition) is 10. The molecule has 20 nitrogen and oxygen atoms in total. The summed E-state index contributed by atoms with van der Waals surface area (Å²) in [6.07, 6.45) is 1.62. The summed E-state index contributed by atoms with van der Waals surface area (Å²) < 4.78 is 6.67. The van der Waals surface area contributed by atoms with Crippen molar-refractivity contribution in [3.63, 3.8) is 0 Å². The minimum Gasteiger partial charge on any atom is -0.508 e. The van der Waals surface area contributed by atoms with Crippen molar-refractivity contribution < 1.29 is 49.1 Å². The highest BCUT2D eigenvalue weighted by Gasteiger charge is 2.35. The molecule has 5 amide bonds. The first kappa shape index (κ1) is 43.8. The SMILES string of the molecule is CSCC[C@H](NC(=O)N[C@@H](Cc1cccc(O)c1)C(=O)O)C(=O)NC(CN(C)C(=O)C1Cc2ccc(O)cc2CN1)C(=O)N/C=C1/C[C@@H](O)[C@H](n2ccc(=O)[nH]c2=O)O1. The number of thioether (sulfide) groups is 1. The number of carboxylic acids is 1. The molecule has 2 unspecified atom stereocenters. The van der Waals surface area contributed by atoms with E-state index in [2.05, 4.69) is 31.6 Å². The number of amides is 5. The Morgan fingerprint density at radius 3 is 2.42 bits per heavy atom. The van der Waals surface area contributed by atoms with Crippen LogP contribution in [0.25, 0.3) is 0 Å². The molecule has 1 saturated heterocycles. The lowest BCUT2D eigenvalue weighted by atomic mass is 9.95. The Kier molecular flexibility index (Phi) is 14.8. The maximum Gasteiger partial charge on any atom is 0.331 e. The van der Waals surface area contributed by atoms with Crippen LogP contribution in [-0.4, -0.2) is 120 Å². The Morgan fingerprint density at radius 2 is 1.71 bits per heavy atom. The van der Waals surface area contributed by atoms with Crippen molar-refractivity contribution in [3.8, 4) is 11.5 Å². The third kappa shape index (κ3) is 11.9. The Morgan fingerprint density at radius 1 is 0.966 bits per heavy atom. The van der Waals surface area contributed by atoms with Gasteiger partial charge in [-0.3, -0.25) is 28.7 Å². The molecule has 6 atom stereocenters. The number of aliphatic carboxylic acids is 1. The van der Waals surface area contributed by atoms with E-state index in [1.165, 1.54) is 48.0 Å². The molecule has 3 aromatic rings. The number of aromatic nitrogens is 2. The number of carboxylic acid groups (broad SMARTS) is 1. The van der Waals surface area contributed by atoms with Gasteiger partial charge in [-0.25, -0.2) is 14.4 Å². The summed E-state index contributed by atoms with van der Waals surface area (Å²) in [5, 5.41) is 53.2. The minimum absolute atomic E-state index is 0.0504. The zero-order valence-corrected chi connectivity index (χ0v) is 32.9. The number of carbonyl (C=O) groups is 5. The lowest BCUT2D eigenvalue weighted by Gasteiger charge is -2.31. The number of hydrogen-bond acceptors (Lipinski definition) is 13. The fraction of sp³-hybridized carbons (Fsp3) is 0.395. The summed E-state index contributed by atoms with van der Waals surface area (Å²) in [5.41, 5.74) is 0.621. The molecule has 316 valence electrons. The van der Waals surface area contributed by atoms with Gasteiger partial charge in [0.25, 0.3) is 5.56 Å². The highest BCUT2D eigenvalue weighted by molar-refractivity contribution is 7.98. The van der Waals surface area contributed by atoms with Gasteiger partial charge >= 0.3 is 17.7 Å². The number of fused-ring (bicyclic) bond motifs is 1. The number of aromatic amines is 1. The summed E-state index contributed by atoms with van der Waals surface area (Å²) in [7, 11) is 1.44. The van der Waals surface area contributed by atoms with Crippen molar-refractivity contribution in [1.29, 1.82) is 0 Å². The number of nitrogens with one attached hydrogen (secondary N) is 6. The van der Waals surface area contributed by atoms with Crippen molar-refractivity contribution in [2.75, 3.05) is 25.6 Å². The molecule has 0 spiro atoms. The molecule has 1 fully saturated rings. The van der Waals surface area contributed by atoms with Crippen LogP contribution >= 0.6 is 11.8 Å². The van der Waals surface area contributed by atoms with Gasteiger partial charge in [-0.15, -0.1) is 0 Å². The first-order valence-electron chi connectivity index (χ1n) is 18.4. The zero-order valence-electron chi connectivity index (χ0n) is 32.0. The molecule has 2 aliphatic heterocycles. The summed E-state index contributed by atoms with van der Waals surface area (Å²) in [5.74, 6) is -3.00. The van der Waals surface area contributed by atoms with Gasteiger partial charge in [0.05, 0.1) is 6.04 Å². The Bertz CT molecular complexity index is 2190. The van der Waals surface area contributed by atoms with Crippen LogP contribution in [0, 0.1) is 0 Å². The van der Waals surface area contributed by atoms with Crippen LogP contribution in [0.15, 0.2) is 76.3 Å². The number of ether oxygens (including phenoxy) is 1. The van der Waals surface area contributed by atoms with E-state index in [4.69, 9.17) is 4.74 Å². The molecule has 3 heterocycles. The molecule has 0 aliphatic carbocycles. The second kappa shape index (κ2) is 19.9. The number of carbonyl (C=O) groups excluding carboxylic acids is 4. The maximum absolute atomic E-state index is 13.9. The molecule has 2 aliphatic rings. The third-order valence-electron chi connectivity index (χ3n) is 9.62. The van der Waals surface area contributed by atoms with E-state index in [-0.39, 0.29) is 49.5 Å². The van der Waals surface area contributed by atoms with E-state index in [1.807, 2.05) is 0 Å². The van der Waals surface area contributed by atoms with Gasteiger partial charge in [0.1, 0.15) is 41.5 Å². The number of rotatable bonds is 16. The maximum atomic E-state index is 13.9. The summed E-state index contributed by atoms with van der Waals surface area (Å²) in [4.78, 5) is 93.7. The van der Waals surface area contributed by atoms with Crippen molar-refractivity contribution in [1.82, 2.24) is 41.0 Å². The van der Waals surface area contributed by atoms with Gasteiger partial charge in [0.15, 0.2) is 0 Å². The summed E-state index contributed by atoms with van der Waals surface area (Å²) in [6, 6.07) is 5.95. The molecule has 21 heteroatoms. The molecule has 5 rings (SSSR count). The van der Waals surface area contributed by atoms with Gasteiger partial charge in [-0.05, 0) is 65.8 Å². The molecule has 2 aromatic carbocycles. The fourth-order valence-corrected chi connectivity index (χ4v) is 7.03. The van der Waals surface area contributed by atoms with Gasteiger partial charge in [0.2, 0.25) is 23.9 Å². The average molecular weight is 839 g/mol. The molecule has 10 N–H and O–H groups in total. The van der Waals surface area contributed by atoms with Gasteiger partial charge < -0.3 is 56.6 Å². The van der Waals surface area contributed by atoms with Gasteiger partial charge in [-0.2, -0.15) is 11.8 Å². The smallest absolute Gasteiger partial charge is 0.331 e. The molecule has 0 saturated carbocycles. The number of likely N-dealkylation sites (N-methyl/N-ethyl adjacent to an activating group) is 1. The van der Waals surface area contributed by atoms with Crippen molar-refractivity contribution in [2.24, 2.45) is 0 Å². The Labute approximate surface area is 341 Å². The second-order valence-corrected chi connectivity index (χ2v) is 15.0. The number of urea groups is 1. The van der Waals surface area contributed by atoms with Crippen LogP contribution in [0.1, 0.15) is 35.8 Å². The topological polar surface area (TPSA) is 294 Å². The van der Waals surface area contributed by atoms with Gasteiger partial charge in [-0.1, -0.05) is 18.2 Å². The number of aliphatic hydroxyl groups excluding tert-OH is 1. The van der Waals surface area contributed by atoms with E-state index >= 15 is 0 Å². The lowest BCUT2D eigenvalue weighted by molar-refractivity contribution is -0.139. The number of aliphatic hydroxyl groups is 1. The first-order chi connectivity index (χ1) is 28.1. The van der Waals surface area contributed by atoms with E-state index in [0.717, 1.165) is 34.2 Å². The minimum atomic E-state index is -1.44. The summed E-state index contributed by atoms with van der Waals surface area (Å²) >= 11 is 1.37. The third-order valence-corrected chi connectivity index (χ3v) is 10.3. The fourth-order valence-electron chi connectivity index (χ4n) is 6.56. The normalized spacial score (nSPS) is 19.3. The van der Waals surface area contributed by atoms with Crippen molar-refractivity contribution in [3.05, 3.63) is 104 Å². The van der Waals surface area contributed by atoms with Crippen LogP contribution in [0.5, 0.6) is 11.5 Å². The van der Waals surface area contributed by atoms with Crippen molar-refractivity contribution in [2.45, 2.75) is 68.7 Å². The van der Waals surface area contributed by atoms with E-state index in [9.17, 15) is 54.0 Å². The largest absolute Gasteiger partial charge is 0.508 e. The molecule has 59 heavy (non-hydrogen) atoms. The number of phenolic OH excluding ortho intramolecular Hbond substituents is 2. The quantitative estimate of drug-likeness (QED) is 0.0825. The first-order valence-corrected chi connectivity index (χ1v) is 19.8. The van der Waals surface area contributed by atoms with E-state index in [1.54, 1.807) is 24.5 Å². The van der Waals surface area contributed by atoms with E-state index in [0.29, 0.717) is 17.9 Å². The number of H-pyrrole nitrogens is 1. The number of phenols is 2. The van der Waals surface area contributed by atoms with Gasteiger partial charge in [0, 0.05) is 51.4 Å². The molecule has 1 aromatic heterocycles. The van der Waals surface area contributed by atoms with Crippen LogP contribution in [0.2, 0.25) is 0 Å². The number of nitrogens with zero attached hydrogens (tertiary/aromatic N) is 2. The lowest BCUT2D eigenvalue weighted by Crippen LogP contribution is -2.59. The monoisotopic (exact) mass is 838 g/mol. The molecular weight excluding hydrogens is 793 g/mol. The average Bonchev–Trinajstić information content (AvgIpc) is 3.56. The molecule has 0 radical (unpaired) electrons. The Balaban J connectivity index is 1.32. The molecule has 0 bridgehead atoms. The zero-order chi connectivity index (χ0) is 42.8. The Hall–Kier alpha value is -6.32. The second-order valence-electron chi connectivity index (χ2n) is 14.0.